The first-order valence-electron chi connectivity index (χ1n) is 6.26. The molecule has 20 heavy (non-hydrogen) atoms. The normalized spacial score (nSPS) is 15.6. The van der Waals surface area contributed by atoms with Gasteiger partial charge < -0.3 is 9.67 Å². The highest BCUT2D eigenvalue weighted by molar-refractivity contribution is 6.21. The van der Waals surface area contributed by atoms with Gasteiger partial charge in [-0.25, -0.2) is 4.98 Å². The second-order valence-corrected chi connectivity index (χ2v) is 4.68. The summed E-state index contributed by atoms with van der Waals surface area (Å²) in [7, 11) is 0. The fourth-order valence-electron chi connectivity index (χ4n) is 2.31. The van der Waals surface area contributed by atoms with Gasteiger partial charge in [0.1, 0.15) is 0 Å². The number of rotatable bonds is 4. The van der Waals surface area contributed by atoms with Crippen LogP contribution in [0, 0.1) is 0 Å². The molecule has 2 aromatic rings. The van der Waals surface area contributed by atoms with Gasteiger partial charge in [-0.15, -0.1) is 0 Å². The number of imide groups is 1. The molecule has 1 N–H and O–H groups in total. The van der Waals surface area contributed by atoms with Crippen molar-refractivity contribution in [1.29, 1.82) is 0 Å². The number of nitrogens with zero attached hydrogens (tertiary/aromatic N) is 3. The van der Waals surface area contributed by atoms with Crippen LogP contribution in [0.2, 0.25) is 0 Å². The van der Waals surface area contributed by atoms with Gasteiger partial charge in [0.05, 0.1) is 36.6 Å². The summed E-state index contributed by atoms with van der Waals surface area (Å²) in [4.78, 5) is 29.2. The Morgan fingerprint density at radius 1 is 1.10 bits per heavy atom. The number of aliphatic hydroxyl groups excluding tert-OH is 1. The van der Waals surface area contributed by atoms with E-state index in [2.05, 4.69) is 4.98 Å². The van der Waals surface area contributed by atoms with Gasteiger partial charge in [0.2, 0.25) is 0 Å². The van der Waals surface area contributed by atoms with Crippen LogP contribution in [0.15, 0.2) is 43.0 Å². The summed E-state index contributed by atoms with van der Waals surface area (Å²) < 4.78 is 1.70. The van der Waals surface area contributed by atoms with Crippen LogP contribution in [-0.2, 0) is 6.54 Å². The average Bonchev–Trinajstić information content (AvgIpc) is 3.03. The minimum atomic E-state index is -0.827. The molecule has 102 valence electrons. The highest BCUT2D eigenvalue weighted by Gasteiger charge is 2.35. The zero-order valence-electron chi connectivity index (χ0n) is 10.6. The van der Waals surface area contributed by atoms with E-state index >= 15 is 0 Å². The Morgan fingerprint density at radius 2 is 1.75 bits per heavy atom. The quantitative estimate of drug-likeness (QED) is 0.823. The molecular formula is C14H13N3O3. The van der Waals surface area contributed by atoms with Gasteiger partial charge in [0.15, 0.2) is 0 Å². The average molecular weight is 271 g/mol. The predicted molar refractivity (Wildman–Crippen MR) is 70.0 cm³/mol. The smallest absolute Gasteiger partial charge is 0.261 e. The van der Waals surface area contributed by atoms with Crippen molar-refractivity contribution in [1.82, 2.24) is 14.5 Å². The van der Waals surface area contributed by atoms with E-state index < -0.39 is 6.10 Å². The molecule has 6 heteroatoms. The Hall–Kier alpha value is -2.47. The van der Waals surface area contributed by atoms with E-state index in [1.165, 1.54) is 0 Å². The molecule has 1 unspecified atom stereocenters. The fourth-order valence-corrected chi connectivity index (χ4v) is 2.31. The van der Waals surface area contributed by atoms with E-state index in [0.29, 0.717) is 11.1 Å². The third-order valence-electron chi connectivity index (χ3n) is 3.25. The number of benzene rings is 1. The van der Waals surface area contributed by atoms with Crippen molar-refractivity contribution >= 4 is 11.8 Å². The van der Waals surface area contributed by atoms with Gasteiger partial charge in [-0.2, -0.15) is 0 Å². The molecule has 2 amide bonds. The van der Waals surface area contributed by atoms with E-state index in [0.717, 1.165) is 4.90 Å². The molecule has 1 aliphatic heterocycles. The van der Waals surface area contributed by atoms with Crippen LogP contribution in [0.3, 0.4) is 0 Å². The number of aliphatic hydroxyl groups is 1. The maximum atomic E-state index is 12.1. The van der Waals surface area contributed by atoms with Crippen molar-refractivity contribution in [2.24, 2.45) is 0 Å². The molecule has 0 radical (unpaired) electrons. The highest BCUT2D eigenvalue weighted by atomic mass is 16.3. The summed E-state index contributed by atoms with van der Waals surface area (Å²) in [5.74, 6) is -0.703. The number of carbonyl (C=O) groups is 2. The number of aromatic nitrogens is 2. The Labute approximate surface area is 115 Å². The summed E-state index contributed by atoms with van der Waals surface area (Å²) in [6.45, 7) is 0.262. The van der Waals surface area contributed by atoms with Crippen LogP contribution in [-0.4, -0.2) is 44.0 Å². The summed E-state index contributed by atoms with van der Waals surface area (Å²) in [5, 5.41) is 10.0. The Morgan fingerprint density at radius 3 is 2.30 bits per heavy atom. The van der Waals surface area contributed by atoms with Gasteiger partial charge in [-0.1, -0.05) is 12.1 Å². The number of carbonyl (C=O) groups excluding carboxylic acids is 2. The largest absolute Gasteiger partial charge is 0.389 e. The minimum Gasteiger partial charge on any atom is -0.389 e. The van der Waals surface area contributed by atoms with Crippen LogP contribution >= 0.6 is 0 Å². The molecule has 2 heterocycles. The number of imidazole rings is 1. The van der Waals surface area contributed by atoms with Crippen LogP contribution < -0.4 is 0 Å². The van der Waals surface area contributed by atoms with E-state index in [-0.39, 0.29) is 24.9 Å². The zero-order chi connectivity index (χ0) is 14.1. The van der Waals surface area contributed by atoms with Crippen molar-refractivity contribution in [2.75, 3.05) is 6.54 Å². The highest BCUT2D eigenvalue weighted by Crippen LogP contribution is 2.22. The van der Waals surface area contributed by atoms with E-state index in [4.69, 9.17) is 0 Å². The molecule has 0 fully saturated rings. The van der Waals surface area contributed by atoms with Gasteiger partial charge in [0, 0.05) is 12.4 Å². The van der Waals surface area contributed by atoms with Gasteiger partial charge >= 0.3 is 0 Å². The second kappa shape index (κ2) is 4.90. The van der Waals surface area contributed by atoms with Gasteiger partial charge in [-0.05, 0) is 12.1 Å². The van der Waals surface area contributed by atoms with Crippen molar-refractivity contribution in [3.63, 3.8) is 0 Å². The summed E-state index contributed by atoms with van der Waals surface area (Å²) in [6, 6.07) is 6.68. The predicted octanol–water partition coefficient (Wildman–Crippen LogP) is 0.540. The molecule has 0 spiro atoms. The SMILES string of the molecule is O=C1c2ccccc2C(=O)N1CC(O)Cn1ccnc1. The third kappa shape index (κ3) is 2.10. The maximum Gasteiger partial charge on any atom is 0.261 e. The lowest BCUT2D eigenvalue weighted by Gasteiger charge is -2.18. The van der Waals surface area contributed by atoms with Crippen LogP contribution in [0.5, 0.6) is 0 Å². The Bertz CT molecular complexity index is 616. The summed E-state index contributed by atoms with van der Waals surface area (Å²) >= 11 is 0. The molecule has 0 aliphatic carbocycles. The number of fused-ring (bicyclic) bond motifs is 1. The third-order valence-corrected chi connectivity index (χ3v) is 3.25. The second-order valence-electron chi connectivity index (χ2n) is 4.68. The molecule has 1 atom stereocenters. The van der Waals surface area contributed by atoms with Crippen molar-refractivity contribution in [3.05, 3.63) is 54.1 Å². The van der Waals surface area contributed by atoms with Crippen LogP contribution in [0.25, 0.3) is 0 Å². The standard InChI is InChI=1S/C14H13N3O3/c18-10(7-16-6-5-15-9-16)8-17-13(19)11-3-1-2-4-12(11)14(17)20/h1-6,9-10,18H,7-8H2. The summed E-state index contributed by atoms with van der Waals surface area (Å²) in [5.41, 5.74) is 0.791. The number of β-amino-alcohol motifs (C(OH)–C–C–N with tert-alkyl or cyclic N) is 1. The molecular weight excluding hydrogens is 258 g/mol. The molecule has 1 aromatic heterocycles. The Kier molecular flexibility index (Phi) is 3.08. The van der Waals surface area contributed by atoms with Crippen molar-refractivity contribution in [2.45, 2.75) is 12.6 Å². The van der Waals surface area contributed by atoms with E-state index in [1.807, 2.05) is 0 Å². The molecule has 3 rings (SSSR count). The lowest BCUT2D eigenvalue weighted by atomic mass is 10.1. The number of hydrogen-bond donors (Lipinski definition) is 1. The van der Waals surface area contributed by atoms with Crippen molar-refractivity contribution < 1.29 is 14.7 Å². The number of hydrogen-bond acceptors (Lipinski definition) is 4. The fraction of sp³-hybridized carbons (Fsp3) is 0.214. The van der Waals surface area contributed by atoms with Crippen molar-refractivity contribution in [3.8, 4) is 0 Å². The zero-order valence-corrected chi connectivity index (χ0v) is 10.6. The lowest BCUT2D eigenvalue weighted by molar-refractivity contribution is 0.0521. The minimum absolute atomic E-state index is 0.0233. The number of amides is 2. The monoisotopic (exact) mass is 271 g/mol. The molecule has 0 saturated carbocycles. The Balaban J connectivity index is 1.73. The van der Waals surface area contributed by atoms with Gasteiger partial charge in [0.25, 0.3) is 11.8 Å². The topological polar surface area (TPSA) is 75.4 Å². The van der Waals surface area contributed by atoms with E-state index in [1.54, 1.807) is 47.6 Å². The van der Waals surface area contributed by atoms with E-state index in [9.17, 15) is 14.7 Å². The molecule has 0 saturated heterocycles. The first kappa shape index (κ1) is 12.6. The van der Waals surface area contributed by atoms with Gasteiger partial charge in [-0.3, -0.25) is 14.5 Å². The first-order chi connectivity index (χ1) is 9.66. The summed E-state index contributed by atoms with van der Waals surface area (Å²) in [6.07, 6.45) is 4.07. The molecule has 1 aliphatic rings. The van der Waals surface area contributed by atoms with Crippen LogP contribution in [0.4, 0.5) is 0 Å². The molecule has 1 aromatic carbocycles. The maximum absolute atomic E-state index is 12.1. The van der Waals surface area contributed by atoms with Crippen LogP contribution in [0.1, 0.15) is 20.7 Å². The lowest BCUT2D eigenvalue weighted by Crippen LogP contribution is -2.38. The molecule has 6 nitrogen and oxygen atoms in total. The first-order valence-corrected chi connectivity index (χ1v) is 6.26. The molecule has 0 bridgehead atoms.